The lowest BCUT2D eigenvalue weighted by atomic mass is 9.78. The number of allylic oxidation sites excluding steroid dienone is 6. The highest BCUT2D eigenvalue weighted by atomic mass is 16.6. The molecule has 17 nitrogen and oxygen atoms in total. The smallest absolute Gasteiger partial charge is 0.329 e. The fourth-order valence-electron chi connectivity index (χ4n) is 12.4. The highest BCUT2D eigenvalue weighted by Crippen LogP contribution is 2.38. The van der Waals surface area contributed by atoms with Crippen molar-refractivity contribution in [2.45, 2.75) is 213 Å². The number of hydrogen-bond acceptors (Lipinski definition) is 16. The number of amides is 1. The number of hydrogen-bond donors (Lipinski definition) is 3. The molecule has 78 heavy (non-hydrogen) atoms. The molecule has 0 aromatic rings. The molecule has 0 spiro atoms. The van der Waals surface area contributed by atoms with Gasteiger partial charge in [0.25, 0.3) is 11.7 Å². The van der Waals surface area contributed by atoms with Crippen LogP contribution in [0, 0.1) is 35.5 Å². The Morgan fingerprint density at radius 3 is 2.24 bits per heavy atom. The third-order valence-electron chi connectivity index (χ3n) is 17.0. The van der Waals surface area contributed by atoms with E-state index in [2.05, 4.69) is 18.7 Å². The zero-order valence-corrected chi connectivity index (χ0v) is 49.0. The maximum atomic E-state index is 14.7. The van der Waals surface area contributed by atoms with Gasteiger partial charge in [-0.1, -0.05) is 71.1 Å². The molecule has 4 fully saturated rings. The van der Waals surface area contributed by atoms with Gasteiger partial charge in [-0.15, -0.1) is 0 Å². The van der Waals surface area contributed by atoms with Crippen LogP contribution in [0.4, 0.5) is 0 Å². The quantitative estimate of drug-likeness (QED) is 0.0728. The number of ether oxygens (including phenoxy) is 7. The van der Waals surface area contributed by atoms with Gasteiger partial charge in [0, 0.05) is 77.6 Å². The standard InChI is InChI=1S/C61H98N2O15/c1-38-18-13-12-14-19-39(2)52(75-29-27-64)34-48-23-21-44(7)61(71,78-48)58(68)59(69)63-26-16-15-20-49(63)60(70)77-53(35-50(65)40(3)31-43(6)56(67)57(73-11)55(66)42(5)30-38)41(4)32-47-22-24-51(54(33-47)72-10)74-28-17-25-62-36-45(8)76-46(9)37-62/h12-14,18-19,31,38,40-42,44-49,51-54,56-57,64,67,71H,15-17,20-30,32-37H2,1-11H3/b14-12+,18-13+,39-19+,43-31+/t38-,40-,41-,42-,44-,45-,46+,47+,48+,49?,51-,52?,53+,54-,56-,57+,61-/m1/s1. The average molecular weight is 1100 g/mol. The number of methoxy groups -OCH3 is 2. The fraction of sp³-hybridized carbons (Fsp3) is 0.787. The minimum atomic E-state index is -2.48. The van der Waals surface area contributed by atoms with E-state index < -0.39 is 77.8 Å². The summed E-state index contributed by atoms with van der Waals surface area (Å²) in [6.07, 6.45) is 13.1. The second-order valence-corrected chi connectivity index (χ2v) is 23.7. The lowest BCUT2D eigenvalue weighted by Gasteiger charge is -2.43. The van der Waals surface area contributed by atoms with Gasteiger partial charge in [0.05, 0.1) is 49.8 Å². The molecule has 3 N–H and O–H groups in total. The van der Waals surface area contributed by atoms with Crippen molar-refractivity contribution in [2.24, 2.45) is 35.5 Å². The normalized spacial score (nSPS) is 39.0. The Balaban J connectivity index is 1.41. The van der Waals surface area contributed by atoms with Crippen molar-refractivity contribution in [2.75, 3.05) is 60.2 Å². The van der Waals surface area contributed by atoms with Gasteiger partial charge in [-0.3, -0.25) is 24.1 Å². The number of carbonyl (C=O) groups is 5. The van der Waals surface area contributed by atoms with E-state index in [9.17, 15) is 39.3 Å². The number of rotatable bonds is 13. The highest BCUT2D eigenvalue weighted by Gasteiger charge is 2.53. The van der Waals surface area contributed by atoms with Crippen molar-refractivity contribution in [3.05, 3.63) is 47.6 Å². The Morgan fingerprint density at radius 2 is 1.55 bits per heavy atom. The summed E-state index contributed by atoms with van der Waals surface area (Å²) in [4.78, 5) is 75.4. The Kier molecular flexibility index (Phi) is 26.5. The molecule has 2 bridgehead atoms. The number of nitrogens with zero attached hydrogens (tertiary/aromatic N) is 2. The molecule has 0 aromatic heterocycles. The topological polar surface area (TPSA) is 217 Å². The molecular weight excluding hydrogens is 1000 g/mol. The number of aliphatic hydroxyl groups is 3. The summed E-state index contributed by atoms with van der Waals surface area (Å²) >= 11 is 0. The van der Waals surface area contributed by atoms with Gasteiger partial charge in [-0.05, 0) is 127 Å². The van der Waals surface area contributed by atoms with Gasteiger partial charge >= 0.3 is 5.97 Å². The molecule has 3 saturated heterocycles. The first-order valence-electron chi connectivity index (χ1n) is 29.3. The number of ketones is 3. The summed E-state index contributed by atoms with van der Waals surface area (Å²) in [7, 11) is 3.09. The molecule has 0 aromatic carbocycles. The number of cyclic esters (lactones) is 1. The maximum absolute atomic E-state index is 14.7. The number of esters is 1. The van der Waals surface area contributed by atoms with Gasteiger partial charge < -0.3 is 53.4 Å². The third kappa shape index (κ3) is 18.5. The van der Waals surface area contributed by atoms with Crippen molar-refractivity contribution >= 4 is 29.2 Å². The minimum Gasteiger partial charge on any atom is -0.460 e. The zero-order chi connectivity index (χ0) is 57.3. The zero-order valence-electron chi connectivity index (χ0n) is 49.0. The van der Waals surface area contributed by atoms with Crippen molar-refractivity contribution < 1.29 is 72.5 Å². The van der Waals surface area contributed by atoms with Gasteiger partial charge in [-0.2, -0.15) is 0 Å². The molecule has 4 heterocycles. The Bertz CT molecular complexity index is 2070. The molecule has 1 amide bonds. The number of morpholine rings is 1. The third-order valence-corrected chi connectivity index (χ3v) is 17.0. The summed E-state index contributed by atoms with van der Waals surface area (Å²) in [5, 5.41) is 33.4. The number of Topliss-reactive ketones (excluding diaryl/α,β-unsaturated/α-hetero) is 3. The number of carbonyl (C=O) groups excluding carboxylic acids is 5. The molecule has 17 heteroatoms. The van der Waals surface area contributed by atoms with Crippen LogP contribution >= 0.6 is 0 Å². The molecular formula is C61H98N2O15. The number of aliphatic hydroxyl groups excluding tert-OH is 2. The largest absolute Gasteiger partial charge is 0.460 e. The van der Waals surface area contributed by atoms with E-state index in [1.807, 2.05) is 58.1 Å². The van der Waals surface area contributed by atoms with Gasteiger partial charge in [0.15, 0.2) is 5.78 Å². The van der Waals surface area contributed by atoms with Crippen molar-refractivity contribution in [3.63, 3.8) is 0 Å². The Hall–Kier alpha value is -3.49. The number of fused-ring (bicyclic) bond motifs is 3. The lowest BCUT2D eigenvalue weighted by Crippen LogP contribution is -2.61. The predicted octanol–water partition coefficient (Wildman–Crippen LogP) is 7.07. The van der Waals surface area contributed by atoms with E-state index in [0.29, 0.717) is 57.1 Å². The van der Waals surface area contributed by atoms with Gasteiger partial charge in [-0.25, -0.2) is 4.79 Å². The van der Waals surface area contributed by atoms with Crippen molar-refractivity contribution in [1.29, 1.82) is 0 Å². The van der Waals surface area contributed by atoms with E-state index in [1.54, 1.807) is 34.0 Å². The van der Waals surface area contributed by atoms with E-state index in [1.165, 1.54) is 12.0 Å². The Labute approximate surface area is 465 Å². The molecule has 0 radical (unpaired) electrons. The molecule has 17 atom stereocenters. The van der Waals surface area contributed by atoms with E-state index in [-0.39, 0.29) is 92.8 Å². The van der Waals surface area contributed by atoms with Crippen LogP contribution in [0.15, 0.2) is 47.6 Å². The van der Waals surface area contributed by atoms with Gasteiger partial charge in [0.1, 0.15) is 30.1 Å². The van der Waals surface area contributed by atoms with E-state index in [4.69, 9.17) is 33.2 Å². The first-order chi connectivity index (χ1) is 37.1. The minimum absolute atomic E-state index is 0.0107. The summed E-state index contributed by atoms with van der Waals surface area (Å²) in [5.74, 6) is -8.10. The molecule has 4 aliphatic heterocycles. The van der Waals surface area contributed by atoms with E-state index >= 15 is 0 Å². The summed E-state index contributed by atoms with van der Waals surface area (Å²) in [6, 6.07) is -1.16. The molecule has 5 rings (SSSR count). The second kappa shape index (κ2) is 31.6. The summed E-state index contributed by atoms with van der Waals surface area (Å²) in [6.45, 7) is 20.1. The van der Waals surface area contributed by atoms with Crippen LogP contribution in [-0.4, -0.2) is 181 Å². The lowest BCUT2D eigenvalue weighted by molar-refractivity contribution is -0.266. The monoisotopic (exact) mass is 1100 g/mol. The van der Waals surface area contributed by atoms with E-state index in [0.717, 1.165) is 44.5 Å². The fourth-order valence-corrected chi connectivity index (χ4v) is 12.4. The molecule has 2 unspecified atom stereocenters. The van der Waals surface area contributed by atoms with Crippen LogP contribution in [0.5, 0.6) is 0 Å². The van der Waals surface area contributed by atoms with Crippen LogP contribution in [-0.2, 0) is 57.1 Å². The summed E-state index contributed by atoms with van der Waals surface area (Å²) < 4.78 is 42.7. The molecule has 5 aliphatic rings. The molecule has 1 saturated carbocycles. The highest BCUT2D eigenvalue weighted by molar-refractivity contribution is 6.39. The van der Waals surface area contributed by atoms with Crippen molar-refractivity contribution in [1.82, 2.24) is 9.80 Å². The Morgan fingerprint density at radius 1 is 0.821 bits per heavy atom. The van der Waals surface area contributed by atoms with Crippen LogP contribution < -0.4 is 0 Å². The first kappa shape index (κ1) is 65.3. The van der Waals surface area contributed by atoms with Crippen LogP contribution in [0.2, 0.25) is 0 Å². The van der Waals surface area contributed by atoms with Crippen LogP contribution in [0.3, 0.4) is 0 Å². The second-order valence-electron chi connectivity index (χ2n) is 23.7. The number of piperidine rings is 1. The van der Waals surface area contributed by atoms with Crippen LogP contribution in [0.1, 0.15) is 146 Å². The molecule has 442 valence electrons. The average Bonchev–Trinajstić information content (AvgIpc) is 3.45. The predicted molar refractivity (Wildman–Crippen MR) is 296 cm³/mol. The van der Waals surface area contributed by atoms with Crippen LogP contribution in [0.25, 0.3) is 0 Å². The SMILES string of the molecule is CO[C@@H]1C[C@H](C[C@@H](C)[C@@H]2CC(=O)[C@H](C)/C=C(\C)[C@@H](O)[C@@H](OC)C(=O)[C@H](C)C[C@H](C)/C=C/C=C/C=C(\C)C(OCCO)C[C@@H]3CC[C@@H](C)[C@@](O)(O3)C(=O)C(=O)N3CCCCC3C(=O)O2)CC[C@H]1OCCCN1C[C@@H](C)O[C@@H](C)C1. The van der Waals surface area contributed by atoms with Gasteiger partial charge in [0.2, 0.25) is 5.79 Å². The first-order valence-corrected chi connectivity index (χ1v) is 29.3. The maximum Gasteiger partial charge on any atom is 0.329 e. The molecule has 1 aliphatic carbocycles. The van der Waals surface area contributed by atoms with Crippen molar-refractivity contribution in [3.8, 4) is 0 Å². The summed E-state index contributed by atoms with van der Waals surface area (Å²) in [5.41, 5.74) is 1.19.